The zero-order valence-corrected chi connectivity index (χ0v) is 22.0. The summed E-state index contributed by atoms with van der Waals surface area (Å²) < 4.78 is 56.3. The summed E-state index contributed by atoms with van der Waals surface area (Å²) >= 11 is 0. The van der Waals surface area contributed by atoms with Gasteiger partial charge in [-0.25, -0.2) is 18.7 Å². The fourth-order valence-electron chi connectivity index (χ4n) is 3.15. The highest BCUT2D eigenvalue weighted by molar-refractivity contribution is 7.89. The molecule has 200 valence electrons. The van der Waals surface area contributed by atoms with Crippen LogP contribution in [-0.4, -0.2) is 58.0 Å². The molecule has 1 amide bonds. The maximum Gasteiger partial charge on any atom is 0.258 e. The molecule has 0 heterocycles. The monoisotopic (exact) mass is 526 g/mol. The first-order valence-electron chi connectivity index (χ1n) is 11.6. The number of halogens is 1. The number of hydroxylamine groups is 1. The van der Waals surface area contributed by atoms with Crippen molar-refractivity contribution in [1.82, 2.24) is 9.79 Å². The zero-order chi connectivity index (χ0) is 26.6. The van der Waals surface area contributed by atoms with Crippen LogP contribution in [0, 0.1) is 0 Å². The van der Waals surface area contributed by atoms with Crippen LogP contribution in [0.15, 0.2) is 53.4 Å². The summed E-state index contributed by atoms with van der Waals surface area (Å²) in [4.78, 5) is 17.9. The van der Waals surface area contributed by atoms with Crippen LogP contribution in [0.5, 0.6) is 11.5 Å². The van der Waals surface area contributed by atoms with Gasteiger partial charge in [0.2, 0.25) is 10.0 Å². The Hall–Kier alpha value is -2.73. The van der Waals surface area contributed by atoms with E-state index in [1.54, 1.807) is 45.0 Å². The van der Waals surface area contributed by atoms with Gasteiger partial charge in [0.1, 0.15) is 11.5 Å². The molecule has 0 aromatic heterocycles. The molecule has 9 nitrogen and oxygen atoms in total. The van der Waals surface area contributed by atoms with E-state index in [9.17, 15) is 17.6 Å². The number of benzene rings is 2. The van der Waals surface area contributed by atoms with Crippen LogP contribution in [0.25, 0.3) is 0 Å². The minimum atomic E-state index is -4.07. The highest BCUT2D eigenvalue weighted by Crippen LogP contribution is 2.22. The molecule has 0 bridgehead atoms. The third-order valence-corrected chi connectivity index (χ3v) is 6.80. The maximum absolute atomic E-state index is 13.5. The van der Waals surface area contributed by atoms with Gasteiger partial charge >= 0.3 is 0 Å². The van der Waals surface area contributed by atoms with Gasteiger partial charge in [-0.3, -0.25) is 9.18 Å². The van der Waals surface area contributed by atoms with E-state index in [-0.39, 0.29) is 11.4 Å². The largest absolute Gasteiger partial charge is 0.497 e. The molecule has 11 heteroatoms. The van der Waals surface area contributed by atoms with Crippen LogP contribution in [-0.2, 0) is 30.9 Å². The number of carbonyl (C=O) groups excluding carboxylic acids is 1. The van der Waals surface area contributed by atoms with Crippen molar-refractivity contribution in [3.8, 4) is 11.5 Å². The summed E-state index contributed by atoms with van der Waals surface area (Å²) in [7, 11) is -2.53. The second-order valence-corrected chi connectivity index (χ2v) is 10.2. The third kappa shape index (κ3) is 9.38. The van der Waals surface area contributed by atoms with E-state index in [4.69, 9.17) is 19.0 Å². The lowest BCUT2D eigenvalue weighted by atomic mass is 10.2. The Morgan fingerprint density at radius 1 is 1.03 bits per heavy atom. The maximum atomic E-state index is 13.5. The van der Waals surface area contributed by atoms with Crippen LogP contribution < -0.4 is 15.0 Å². The van der Waals surface area contributed by atoms with Crippen molar-refractivity contribution in [3.05, 3.63) is 54.1 Å². The Morgan fingerprint density at radius 2 is 1.67 bits per heavy atom. The summed E-state index contributed by atoms with van der Waals surface area (Å²) in [5.41, 5.74) is 2.93. The van der Waals surface area contributed by atoms with Crippen molar-refractivity contribution in [2.75, 3.05) is 33.5 Å². The Kier molecular flexibility index (Phi) is 11.6. The summed E-state index contributed by atoms with van der Waals surface area (Å²) in [6, 6.07) is 12.8. The number of sulfonamides is 1. The number of hydrogen-bond donors (Lipinski definition) is 1. The number of unbranched alkanes of at least 4 members (excludes halogenated alkanes) is 1. The van der Waals surface area contributed by atoms with Gasteiger partial charge in [0.25, 0.3) is 5.91 Å². The standard InChI is InChI=1S/C25H35FN2O7S/c1-5-34-25(2,3)35-27-24(29)19-28(18-20-8-10-21(32-4)11-9-20)36(30,31)23-14-12-22(13-15-23)33-17-7-6-16-26/h8-15H,5-7,16-19H2,1-4H3,(H,27,29). The molecule has 1 N–H and O–H groups in total. The summed E-state index contributed by atoms with van der Waals surface area (Å²) in [6.07, 6.45) is 0.962. The van der Waals surface area contributed by atoms with Gasteiger partial charge in [0, 0.05) is 13.2 Å². The van der Waals surface area contributed by atoms with E-state index >= 15 is 0 Å². The number of carbonyl (C=O) groups is 1. The molecular weight excluding hydrogens is 491 g/mol. The van der Waals surface area contributed by atoms with Gasteiger partial charge < -0.3 is 14.2 Å². The van der Waals surface area contributed by atoms with E-state index in [0.29, 0.717) is 43.1 Å². The first kappa shape index (κ1) is 29.5. The minimum Gasteiger partial charge on any atom is -0.497 e. The van der Waals surface area contributed by atoms with E-state index in [0.717, 1.165) is 4.31 Å². The molecule has 0 spiro atoms. The molecule has 0 aliphatic heterocycles. The predicted molar refractivity (Wildman–Crippen MR) is 133 cm³/mol. The Bertz CT molecular complexity index is 1050. The van der Waals surface area contributed by atoms with Crippen molar-refractivity contribution in [1.29, 1.82) is 0 Å². The van der Waals surface area contributed by atoms with E-state index in [2.05, 4.69) is 5.48 Å². The first-order valence-corrected chi connectivity index (χ1v) is 13.1. The van der Waals surface area contributed by atoms with Crippen molar-refractivity contribution in [2.45, 2.75) is 50.8 Å². The van der Waals surface area contributed by atoms with Crippen LogP contribution in [0.2, 0.25) is 0 Å². The molecule has 0 saturated heterocycles. The topological polar surface area (TPSA) is 103 Å². The van der Waals surface area contributed by atoms with Crippen LogP contribution >= 0.6 is 0 Å². The molecule has 36 heavy (non-hydrogen) atoms. The van der Waals surface area contributed by atoms with Gasteiger partial charge in [-0.15, -0.1) is 0 Å². The molecular formula is C25H35FN2O7S. The fraction of sp³-hybridized carbons (Fsp3) is 0.480. The summed E-state index contributed by atoms with van der Waals surface area (Å²) in [5.74, 6) is -0.643. The molecule has 0 unspecified atom stereocenters. The number of hydrogen-bond acceptors (Lipinski definition) is 7. The number of rotatable bonds is 16. The van der Waals surface area contributed by atoms with Crippen LogP contribution in [0.1, 0.15) is 39.2 Å². The summed E-state index contributed by atoms with van der Waals surface area (Å²) in [5, 5.41) is 0. The highest BCUT2D eigenvalue weighted by atomic mass is 32.2. The molecule has 0 radical (unpaired) electrons. The van der Waals surface area contributed by atoms with Crippen molar-refractivity contribution in [3.63, 3.8) is 0 Å². The van der Waals surface area contributed by atoms with Gasteiger partial charge in [-0.2, -0.15) is 4.31 Å². The number of ether oxygens (including phenoxy) is 3. The normalized spacial score (nSPS) is 11.9. The van der Waals surface area contributed by atoms with Crippen LogP contribution in [0.4, 0.5) is 4.39 Å². The molecule has 0 fully saturated rings. The van der Waals surface area contributed by atoms with E-state index < -0.39 is 34.9 Å². The Balaban J connectivity index is 2.20. The number of nitrogens with zero attached hydrogens (tertiary/aromatic N) is 1. The predicted octanol–water partition coefficient (Wildman–Crippen LogP) is 3.84. The average molecular weight is 527 g/mol. The highest BCUT2D eigenvalue weighted by Gasteiger charge is 2.28. The molecule has 0 aliphatic rings. The fourth-order valence-corrected chi connectivity index (χ4v) is 4.54. The van der Waals surface area contributed by atoms with Gasteiger partial charge in [0.15, 0.2) is 5.79 Å². The average Bonchev–Trinajstić information content (AvgIpc) is 2.86. The number of nitrogens with one attached hydrogen (secondary N) is 1. The van der Waals surface area contributed by atoms with Crippen molar-refractivity contribution in [2.24, 2.45) is 0 Å². The molecule has 0 aliphatic carbocycles. The van der Waals surface area contributed by atoms with Crippen molar-refractivity contribution >= 4 is 15.9 Å². The molecule has 0 atom stereocenters. The molecule has 2 aromatic carbocycles. The lowest BCUT2D eigenvalue weighted by Gasteiger charge is -2.26. The first-order chi connectivity index (χ1) is 17.1. The van der Waals surface area contributed by atoms with Crippen molar-refractivity contribution < 1.29 is 36.7 Å². The molecule has 2 rings (SSSR count). The molecule has 2 aromatic rings. The lowest BCUT2D eigenvalue weighted by Crippen LogP contribution is -2.44. The van der Waals surface area contributed by atoms with Gasteiger partial charge in [-0.1, -0.05) is 12.1 Å². The number of alkyl halides is 1. The second-order valence-electron chi connectivity index (χ2n) is 8.30. The Morgan fingerprint density at radius 3 is 2.25 bits per heavy atom. The second kappa shape index (κ2) is 14.1. The van der Waals surface area contributed by atoms with Gasteiger partial charge in [0.05, 0.1) is 31.8 Å². The SMILES string of the molecule is CCOC(C)(C)ONC(=O)CN(Cc1ccc(OC)cc1)S(=O)(=O)c1ccc(OCCCCF)cc1. The quantitative estimate of drug-likeness (QED) is 0.201. The van der Waals surface area contributed by atoms with Gasteiger partial charge in [-0.05, 0) is 75.6 Å². The number of methoxy groups -OCH3 is 1. The van der Waals surface area contributed by atoms with Crippen LogP contribution in [0.3, 0.4) is 0 Å². The molecule has 0 saturated carbocycles. The lowest BCUT2D eigenvalue weighted by molar-refractivity contribution is -0.242. The minimum absolute atomic E-state index is 0.00418. The number of amides is 1. The summed E-state index contributed by atoms with van der Waals surface area (Å²) in [6.45, 7) is 4.79. The zero-order valence-electron chi connectivity index (χ0n) is 21.2. The third-order valence-electron chi connectivity index (χ3n) is 5.00. The Labute approximate surface area is 212 Å². The smallest absolute Gasteiger partial charge is 0.258 e. The van der Waals surface area contributed by atoms with E-state index in [1.165, 1.54) is 31.4 Å². The van der Waals surface area contributed by atoms with E-state index in [1.807, 2.05) is 0 Å².